The van der Waals surface area contributed by atoms with Crippen LogP contribution in [0.2, 0.25) is 0 Å². The summed E-state index contributed by atoms with van der Waals surface area (Å²) >= 11 is 1.73. The number of nitrogens with one attached hydrogen (secondary N) is 2. The molecular formula is C34H45N5O2S. The van der Waals surface area contributed by atoms with Crippen LogP contribution in [0.25, 0.3) is 0 Å². The molecule has 0 saturated carbocycles. The van der Waals surface area contributed by atoms with Gasteiger partial charge >= 0.3 is 0 Å². The molecule has 0 atom stereocenters. The Balaban J connectivity index is 0.000000293. The van der Waals surface area contributed by atoms with E-state index in [-0.39, 0.29) is 5.91 Å². The highest BCUT2D eigenvalue weighted by atomic mass is 32.1. The molecule has 1 amide bonds. The molecule has 0 fully saturated rings. The Bertz CT molecular complexity index is 1340. The molecule has 2 aromatic heterocycles. The summed E-state index contributed by atoms with van der Waals surface area (Å²) in [4.78, 5) is 33.5. The lowest BCUT2D eigenvalue weighted by atomic mass is 10.0. The summed E-state index contributed by atoms with van der Waals surface area (Å²) in [7, 11) is 4.10. The standard InChI is InChI=1S/C20H25N3O2.C7H12N2S.C7H8/c1-15(2)19-10-17(12-22-13-19)11-21-7-4-8-23-20(25)18-6-3-5-16(9-18)14-24;1-6-5-10-7(8-6)4-9(2)3;1-7-5-3-2-4-6-7/h3,5-6,9-10,12-15,21H,4,7-8,11H2,1-2H3,(H,23,25);5H,4H2,1-3H3;2-6H,1H3. The first kappa shape index (κ1) is 34.5. The zero-order valence-corrected chi connectivity index (χ0v) is 26.6. The summed E-state index contributed by atoms with van der Waals surface area (Å²) in [5.74, 6) is 0.318. The van der Waals surface area contributed by atoms with Gasteiger partial charge in [-0.2, -0.15) is 0 Å². The van der Waals surface area contributed by atoms with Crippen molar-refractivity contribution in [1.82, 2.24) is 25.5 Å². The SMILES string of the molecule is CC(C)c1cncc(CNCCCNC(=O)c2cccc(C=O)c2)c1.Cc1ccccc1.Cc1csc(CN(C)C)n1. The van der Waals surface area contributed by atoms with E-state index in [1.165, 1.54) is 21.7 Å². The lowest BCUT2D eigenvalue weighted by Crippen LogP contribution is -2.27. The number of rotatable bonds is 11. The first-order valence-corrected chi connectivity index (χ1v) is 15.1. The summed E-state index contributed by atoms with van der Waals surface area (Å²) < 4.78 is 0. The van der Waals surface area contributed by atoms with Crippen LogP contribution in [0.15, 0.2) is 78.4 Å². The smallest absolute Gasteiger partial charge is 0.251 e. The average molecular weight is 588 g/mol. The summed E-state index contributed by atoms with van der Waals surface area (Å²) in [6.45, 7) is 11.5. The molecule has 2 aromatic carbocycles. The Morgan fingerprint density at radius 2 is 1.76 bits per heavy atom. The topological polar surface area (TPSA) is 87.2 Å². The third kappa shape index (κ3) is 14.3. The molecule has 4 aromatic rings. The molecule has 4 rings (SSSR count). The van der Waals surface area contributed by atoms with Crippen molar-refractivity contribution in [3.63, 3.8) is 0 Å². The molecule has 2 heterocycles. The van der Waals surface area contributed by atoms with E-state index in [0.29, 0.717) is 23.6 Å². The number of aromatic nitrogens is 2. The van der Waals surface area contributed by atoms with E-state index >= 15 is 0 Å². The average Bonchev–Trinajstić information content (AvgIpc) is 3.39. The highest BCUT2D eigenvalue weighted by molar-refractivity contribution is 7.09. The van der Waals surface area contributed by atoms with Crippen molar-refractivity contribution in [3.8, 4) is 0 Å². The maximum Gasteiger partial charge on any atom is 0.251 e. The number of aldehydes is 1. The van der Waals surface area contributed by atoms with E-state index in [9.17, 15) is 9.59 Å². The van der Waals surface area contributed by atoms with Crippen molar-refractivity contribution >= 4 is 23.5 Å². The van der Waals surface area contributed by atoms with Crippen LogP contribution in [0, 0.1) is 13.8 Å². The number of thiazole rings is 1. The van der Waals surface area contributed by atoms with Gasteiger partial charge in [-0.15, -0.1) is 11.3 Å². The predicted molar refractivity (Wildman–Crippen MR) is 174 cm³/mol. The van der Waals surface area contributed by atoms with Crippen LogP contribution in [-0.4, -0.2) is 54.2 Å². The third-order valence-electron chi connectivity index (χ3n) is 5.97. The number of aryl methyl sites for hydroxylation is 2. The van der Waals surface area contributed by atoms with Crippen LogP contribution in [0.1, 0.15) is 74.3 Å². The van der Waals surface area contributed by atoms with Gasteiger partial charge in [-0.1, -0.05) is 67.9 Å². The van der Waals surface area contributed by atoms with Crippen LogP contribution in [0.4, 0.5) is 0 Å². The molecule has 0 spiro atoms. The number of carbonyl (C=O) groups excluding carboxylic acids is 2. The molecule has 2 N–H and O–H groups in total. The van der Waals surface area contributed by atoms with Crippen LogP contribution < -0.4 is 10.6 Å². The van der Waals surface area contributed by atoms with Crippen molar-refractivity contribution in [2.24, 2.45) is 0 Å². The van der Waals surface area contributed by atoms with Gasteiger partial charge < -0.3 is 15.5 Å². The Kier molecular flexibility index (Phi) is 15.9. The minimum absolute atomic E-state index is 0.155. The molecule has 0 radical (unpaired) electrons. The Morgan fingerprint density at radius 3 is 2.36 bits per heavy atom. The van der Waals surface area contributed by atoms with Crippen LogP contribution in [0.5, 0.6) is 0 Å². The summed E-state index contributed by atoms with van der Waals surface area (Å²) in [6, 6.07) is 19.1. The van der Waals surface area contributed by atoms with E-state index in [0.717, 1.165) is 38.0 Å². The largest absolute Gasteiger partial charge is 0.352 e. The van der Waals surface area contributed by atoms with E-state index in [2.05, 4.69) is 83.9 Å². The zero-order chi connectivity index (χ0) is 30.7. The Hall–Kier alpha value is -3.72. The van der Waals surface area contributed by atoms with Gasteiger partial charge in [0.15, 0.2) is 0 Å². The first-order chi connectivity index (χ1) is 20.2. The monoisotopic (exact) mass is 587 g/mol. The second-order valence-corrected chi connectivity index (χ2v) is 11.5. The number of benzene rings is 2. The molecule has 7 nitrogen and oxygen atoms in total. The van der Waals surface area contributed by atoms with Gasteiger partial charge in [-0.3, -0.25) is 14.6 Å². The fraction of sp³-hybridized carbons (Fsp3) is 0.353. The highest BCUT2D eigenvalue weighted by Crippen LogP contribution is 2.14. The normalized spacial score (nSPS) is 10.4. The number of nitrogens with zero attached hydrogens (tertiary/aromatic N) is 3. The maximum atomic E-state index is 12.0. The highest BCUT2D eigenvalue weighted by Gasteiger charge is 2.05. The van der Waals surface area contributed by atoms with Gasteiger partial charge in [0.2, 0.25) is 0 Å². The molecule has 0 saturated heterocycles. The van der Waals surface area contributed by atoms with E-state index < -0.39 is 0 Å². The molecular weight excluding hydrogens is 542 g/mol. The van der Waals surface area contributed by atoms with Crippen LogP contribution >= 0.6 is 11.3 Å². The molecule has 224 valence electrons. The van der Waals surface area contributed by atoms with E-state index in [4.69, 9.17) is 0 Å². The summed E-state index contributed by atoms with van der Waals surface area (Å²) in [6.07, 6.45) is 5.35. The van der Waals surface area contributed by atoms with Gasteiger partial charge in [-0.25, -0.2) is 4.98 Å². The van der Waals surface area contributed by atoms with Gasteiger partial charge in [-0.05, 0) is 70.1 Å². The maximum absolute atomic E-state index is 12.0. The lowest BCUT2D eigenvalue weighted by molar-refractivity contribution is 0.0953. The Morgan fingerprint density at radius 1 is 1.00 bits per heavy atom. The number of hydrogen-bond donors (Lipinski definition) is 2. The molecule has 0 bridgehead atoms. The second kappa shape index (κ2) is 19.4. The molecule has 8 heteroatoms. The lowest BCUT2D eigenvalue weighted by Gasteiger charge is -2.09. The van der Waals surface area contributed by atoms with Crippen molar-refractivity contribution in [1.29, 1.82) is 0 Å². The Labute approximate surface area is 255 Å². The number of amides is 1. The number of hydrogen-bond acceptors (Lipinski definition) is 7. The molecule has 0 unspecified atom stereocenters. The summed E-state index contributed by atoms with van der Waals surface area (Å²) in [5, 5.41) is 9.51. The van der Waals surface area contributed by atoms with Gasteiger partial charge in [0.1, 0.15) is 11.3 Å². The number of carbonyl (C=O) groups is 2. The fourth-order valence-corrected chi connectivity index (χ4v) is 4.59. The molecule has 0 aliphatic heterocycles. The van der Waals surface area contributed by atoms with Crippen LogP contribution in [0.3, 0.4) is 0 Å². The van der Waals surface area contributed by atoms with Crippen molar-refractivity contribution in [2.75, 3.05) is 27.2 Å². The minimum Gasteiger partial charge on any atom is -0.352 e. The quantitative estimate of drug-likeness (QED) is 0.155. The third-order valence-corrected chi connectivity index (χ3v) is 6.92. The first-order valence-electron chi connectivity index (χ1n) is 14.2. The minimum atomic E-state index is -0.155. The van der Waals surface area contributed by atoms with Gasteiger partial charge in [0.25, 0.3) is 5.91 Å². The zero-order valence-electron chi connectivity index (χ0n) is 25.8. The van der Waals surface area contributed by atoms with Crippen molar-refractivity contribution in [3.05, 3.63) is 117 Å². The van der Waals surface area contributed by atoms with Crippen molar-refractivity contribution < 1.29 is 9.59 Å². The molecule has 0 aliphatic rings. The molecule has 0 aliphatic carbocycles. The predicted octanol–water partition coefficient (Wildman–Crippen LogP) is 6.44. The van der Waals surface area contributed by atoms with Gasteiger partial charge in [0, 0.05) is 54.2 Å². The summed E-state index contributed by atoms with van der Waals surface area (Å²) in [5.41, 5.74) is 5.87. The number of pyridine rings is 1. The van der Waals surface area contributed by atoms with E-state index in [1.54, 1.807) is 35.6 Å². The fourth-order valence-electron chi connectivity index (χ4n) is 3.70. The molecule has 42 heavy (non-hydrogen) atoms. The van der Waals surface area contributed by atoms with Gasteiger partial charge in [0.05, 0.1) is 0 Å². The van der Waals surface area contributed by atoms with Crippen molar-refractivity contribution in [2.45, 2.75) is 53.1 Å². The van der Waals surface area contributed by atoms with E-state index in [1.807, 2.05) is 37.5 Å². The second-order valence-electron chi connectivity index (χ2n) is 10.6. The van der Waals surface area contributed by atoms with Crippen LogP contribution in [-0.2, 0) is 13.1 Å².